The predicted molar refractivity (Wildman–Crippen MR) is 36.0 cm³/mol. The standard InChI is InChI=1S/C6H12O6/c7-2-6(11)4(9)3(8)1-12-5(6)10/h3-5,7-11H,1-2H2/t3-,4-,5?,6+/m1/s1. The van der Waals surface area contributed by atoms with Crippen LogP contribution in [0.3, 0.4) is 0 Å². The van der Waals surface area contributed by atoms with Gasteiger partial charge in [0.1, 0.15) is 12.2 Å². The van der Waals surface area contributed by atoms with Gasteiger partial charge in [-0.25, -0.2) is 0 Å². The Morgan fingerprint density at radius 2 is 1.92 bits per heavy atom. The first-order chi connectivity index (χ1) is 5.52. The lowest BCUT2D eigenvalue weighted by Gasteiger charge is -2.41. The molecule has 1 aliphatic rings. The van der Waals surface area contributed by atoms with E-state index in [0.29, 0.717) is 0 Å². The van der Waals surface area contributed by atoms with Crippen LogP contribution in [0.1, 0.15) is 0 Å². The Bertz CT molecular complexity index is 162. The molecule has 0 radical (unpaired) electrons. The van der Waals surface area contributed by atoms with Crippen molar-refractivity contribution in [3.8, 4) is 0 Å². The van der Waals surface area contributed by atoms with Gasteiger partial charge in [-0.05, 0) is 0 Å². The van der Waals surface area contributed by atoms with Crippen molar-refractivity contribution < 1.29 is 30.3 Å². The van der Waals surface area contributed by atoms with Gasteiger partial charge in [-0.2, -0.15) is 0 Å². The Morgan fingerprint density at radius 1 is 1.33 bits per heavy atom. The van der Waals surface area contributed by atoms with Gasteiger partial charge in [-0.15, -0.1) is 0 Å². The molecule has 1 rings (SSSR count). The van der Waals surface area contributed by atoms with E-state index in [0.717, 1.165) is 0 Å². The van der Waals surface area contributed by atoms with Crippen LogP contribution in [0.15, 0.2) is 0 Å². The van der Waals surface area contributed by atoms with Crippen molar-refractivity contribution >= 4 is 0 Å². The molecule has 72 valence electrons. The average molecular weight is 180 g/mol. The quantitative estimate of drug-likeness (QED) is 0.290. The molecular weight excluding hydrogens is 168 g/mol. The minimum atomic E-state index is -2.20. The molecule has 0 saturated carbocycles. The van der Waals surface area contributed by atoms with Crippen LogP contribution in [-0.2, 0) is 4.74 Å². The molecule has 1 heterocycles. The fraction of sp³-hybridized carbons (Fsp3) is 1.00. The summed E-state index contributed by atoms with van der Waals surface area (Å²) in [6, 6.07) is 0. The monoisotopic (exact) mass is 180 g/mol. The van der Waals surface area contributed by atoms with Crippen molar-refractivity contribution in [3.05, 3.63) is 0 Å². The Balaban J connectivity index is 2.78. The number of hydrogen-bond acceptors (Lipinski definition) is 6. The Kier molecular flexibility index (Phi) is 2.67. The van der Waals surface area contributed by atoms with Crippen LogP contribution in [0.5, 0.6) is 0 Å². The van der Waals surface area contributed by atoms with Crippen LogP contribution in [0.25, 0.3) is 0 Å². The van der Waals surface area contributed by atoms with Gasteiger partial charge in [-0.1, -0.05) is 0 Å². The van der Waals surface area contributed by atoms with Gasteiger partial charge in [-0.3, -0.25) is 0 Å². The second-order valence-electron chi connectivity index (χ2n) is 2.85. The predicted octanol–water partition coefficient (Wildman–Crippen LogP) is -3.22. The highest BCUT2D eigenvalue weighted by Crippen LogP contribution is 2.24. The summed E-state index contributed by atoms with van der Waals surface area (Å²) >= 11 is 0. The van der Waals surface area contributed by atoms with E-state index in [2.05, 4.69) is 4.74 Å². The molecule has 1 saturated heterocycles. The van der Waals surface area contributed by atoms with Gasteiger partial charge < -0.3 is 30.3 Å². The molecule has 1 aliphatic heterocycles. The van der Waals surface area contributed by atoms with Crippen LogP contribution in [0, 0.1) is 0 Å². The maximum absolute atomic E-state index is 9.35. The topological polar surface area (TPSA) is 110 Å². The zero-order valence-electron chi connectivity index (χ0n) is 6.29. The van der Waals surface area contributed by atoms with Crippen molar-refractivity contribution in [2.24, 2.45) is 0 Å². The van der Waals surface area contributed by atoms with E-state index in [-0.39, 0.29) is 6.61 Å². The van der Waals surface area contributed by atoms with Gasteiger partial charge in [0.2, 0.25) is 0 Å². The van der Waals surface area contributed by atoms with Gasteiger partial charge >= 0.3 is 0 Å². The van der Waals surface area contributed by atoms with E-state index in [9.17, 15) is 5.11 Å². The van der Waals surface area contributed by atoms with Crippen molar-refractivity contribution in [3.63, 3.8) is 0 Å². The minimum Gasteiger partial charge on any atom is -0.393 e. The lowest BCUT2D eigenvalue weighted by atomic mass is 9.91. The highest BCUT2D eigenvalue weighted by atomic mass is 16.6. The second-order valence-corrected chi connectivity index (χ2v) is 2.85. The third-order valence-corrected chi connectivity index (χ3v) is 1.98. The van der Waals surface area contributed by atoms with Gasteiger partial charge in [0, 0.05) is 0 Å². The zero-order valence-corrected chi connectivity index (χ0v) is 6.29. The van der Waals surface area contributed by atoms with Crippen molar-refractivity contribution in [1.29, 1.82) is 0 Å². The number of ether oxygens (including phenoxy) is 1. The highest BCUT2D eigenvalue weighted by molar-refractivity contribution is 4.95. The first kappa shape index (κ1) is 9.85. The van der Waals surface area contributed by atoms with E-state index < -0.39 is 30.7 Å². The SMILES string of the molecule is OC[C@@]1(O)C(O)OC[C@@H](O)[C@H]1O. The van der Waals surface area contributed by atoms with Gasteiger partial charge in [0.15, 0.2) is 11.9 Å². The molecule has 6 heteroatoms. The third kappa shape index (κ3) is 1.33. The summed E-state index contributed by atoms with van der Waals surface area (Å²) in [5.74, 6) is 0. The molecule has 6 nitrogen and oxygen atoms in total. The summed E-state index contributed by atoms with van der Waals surface area (Å²) in [6.07, 6.45) is -4.59. The van der Waals surface area contributed by atoms with Crippen molar-refractivity contribution in [2.75, 3.05) is 13.2 Å². The smallest absolute Gasteiger partial charge is 0.188 e. The summed E-state index contributed by atoms with van der Waals surface area (Å²) < 4.78 is 4.50. The second kappa shape index (κ2) is 3.25. The number of aliphatic hydroxyl groups is 5. The molecule has 0 aromatic heterocycles. The van der Waals surface area contributed by atoms with Gasteiger partial charge in [0.05, 0.1) is 13.2 Å². The molecule has 0 aliphatic carbocycles. The normalized spacial score (nSPS) is 49.2. The van der Waals surface area contributed by atoms with Crippen LogP contribution >= 0.6 is 0 Å². The summed E-state index contributed by atoms with van der Waals surface area (Å²) in [4.78, 5) is 0. The van der Waals surface area contributed by atoms with E-state index in [4.69, 9.17) is 20.4 Å². The molecule has 0 aromatic rings. The number of hydrogen-bond donors (Lipinski definition) is 5. The van der Waals surface area contributed by atoms with Gasteiger partial charge in [0.25, 0.3) is 0 Å². The molecule has 0 bridgehead atoms. The van der Waals surface area contributed by atoms with Crippen LogP contribution < -0.4 is 0 Å². The minimum absolute atomic E-state index is 0.273. The lowest BCUT2D eigenvalue weighted by molar-refractivity contribution is -0.310. The van der Waals surface area contributed by atoms with Crippen molar-refractivity contribution in [1.82, 2.24) is 0 Å². The number of rotatable bonds is 1. The van der Waals surface area contributed by atoms with Crippen molar-refractivity contribution in [2.45, 2.75) is 24.1 Å². The molecule has 5 N–H and O–H groups in total. The maximum Gasteiger partial charge on any atom is 0.188 e. The molecule has 0 aromatic carbocycles. The zero-order chi connectivity index (χ0) is 9.35. The third-order valence-electron chi connectivity index (χ3n) is 1.98. The van der Waals surface area contributed by atoms with E-state index in [1.165, 1.54) is 0 Å². The molecule has 4 atom stereocenters. The molecule has 12 heavy (non-hydrogen) atoms. The molecule has 1 unspecified atom stereocenters. The fourth-order valence-electron chi connectivity index (χ4n) is 1.08. The van der Waals surface area contributed by atoms with Crippen LogP contribution in [0.2, 0.25) is 0 Å². The average Bonchev–Trinajstić information content (AvgIpc) is 2.08. The first-order valence-corrected chi connectivity index (χ1v) is 3.51. The summed E-state index contributed by atoms with van der Waals surface area (Å²) in [7, 11) is 0. The summed E-state index contributed by atoms with van der Waals surface area (Å²) in [6.45, 7) is -1.16. The Morgan fingerprint density at radius 3 is 2.33 bits per heavy atom. The van der Waals surface area contributed by atoms with E-state index in [1.54, 1.807) is 0 Å². The summed E-state index contributed by atoms with van der Waals surface area (Å²) in [5.41, 5.74) is -2.20. The Labute approximate surface area is 68.6 Å². The van der Waals surface area contributed by atoms with Crippen LogP contribution in [-0.4, -0.2) is 62.8 Å². The molecule has 1 fully saturated rings. The maximum atomic E-state index is 9.35. The first-order valence-electron chi connectivity index (χ1n) is 3.51. The van der Waals surface area contributed by atoms with Crippen LogP contribution in [0.4, 0.5) is 0 Å². The fourth-order valence-corrected chi connectivity index (χ4v) is 1.08. The Hall–Kier alpha value is -0.240. The molecular formula is C6H12O6. The lowest BCUT2D eigenvalue weighted by Crippen LogP contribution is -2.64. The van der Waals surface area contributed by atoms with E-state index in [1.807, 2.05) is 0 Å². The molecule has 0 spiro atoms. The number of aliphatic hydroxyl groups excluding tert-OH is 4. The summed E-state index contributed by atoms with van der Waals surface area (Å²) in [5, 5.41) is 45.2. The highest BCUT2D eigenvalue weighted by Gasteiger charge is 2.50. The molecule has 0 amide bonds. The van der Waals surface area contributed by atoms with E-state index >= 15 is 0 Å². The largest absolute Gasteiger partial charge is 0.393 e.